The number of sulfonamides is 1. The van der Waals surface area contributed by atoms with Gasteiger partial charge in [0.2, 0.25) is 0 Å². The zero-order valence-corrected chi connectivity index (χ0v) is 16.4. The van der Waals surface area contributed by atoms with Crippen molar-refractivity contribution in [2.24, 2.45) is 22.7 Å². The average Bonchev–Trinajstić information content (AvgIpc) is 3.32. The molecule has 0 spiro atoms. The van der Waals surface area contributed by atoms with Crippen molar-refractivity contribution in [3.8, 4) is 0 Å². The van der Waals surface area contributed by atoms with Crippen LogP contribution in [0.3, 0.4) is 0 Å². The lowest BCUT2D eigenvalue weighted by atomic mass is 9.84. The normalized spacial score (nSPS) is 26.1. The van der Waals surface area contributed by atoms with E-state index in [1.165, 1.54) is 25.7 Å². The Labute approximate surface area is 161 Å². The number of nitrogens with zero attached hydrogens (tertiary/aromatic N) is 1. The highest BCUT2D eigenvalue weighted by atomic mass is 32.2. The third kappa shape index (κ3) is 3.93. The van der Waals surface area contributed by atoms with Gasteiger partial charge in [-0.05, 0) is 56.1 Å². The van der Waals surface area contributed by atoms with Crippen LogP contribution in [0.2, 0.25) is 0 Å². The second-order valence-electron chi connectivity index (χ2n) is 7.84. The molecule has 2 aromatic carbocycles. The minimum absolute atomic E-state index is 0.106. The molecule has 0 unspecified atom stereocenters. The van der Waals surface area contributed by atoms with Crippen LogP contribution in [-0.2, 0) is 10.0 Å². The molecule has 142 valence electrons. The molecule has 0 amide bonds. The van der Waals surface area contributed by atoms with Gasteiger partial charge in [-0.1, -0.05) is 55.0 Å². The van der Waals surface area contributed by atoms with Gasteiger partial charge in [0.15, 0.2) is 0 Å². The summed E-state index contributed by atoms with van der Waals surface area (Å²) in [7, 11) is -3.67. The lowest BCUT2D eigenvalue weighted by Crippen LogP contribution is -2.34. The van der Waals surface area contributed by atoms with E-state index in [2.05, 4.69) is 11.6 Å². The molecule has 2 aliphatic carbocycles. The van der Waals surface area contributed by atoms with Gasteiger partial charge in [-0.3, -0.25) is 9.71 Å². The molecule has 4 nitrogen and oxygen atoms in total. The van der Waals surface area contributed by atoms with Gasteiger partial charge in [-0.15, -0.1) is 0 Å². The second-order valence-corrected chi connectivity index (χ2v) is 9.52. The van der Waals surface area contributed by atoms with Crippen LogP contribution in [0.1, 0.15) is 38.2 Å². The van der Waals surface area contributed by atoms with Crippen LogP contribution >= 0.6 is 0 Å². The number of fused-ring (bicyclic) bond motifs is 2. The van der Waals surface area contributed by atoms with Gasteiger partial charge in [-0.25, -0.2) is 8.42 Å². The van der Waals surface area contributed by atoms with Crippen molar-refractivity contribution in [2.75, 3.05) is 0 Å². The van der Waals surface area contributed by atoms with Gasteiger partial charge in [0.1, 0.15) is 5.84 Å². The minimum Gasteiger partial charge on any atom is -0.264 e. The number of hydrogen-bond acceptors (Lipinski definition) is 3. The van der Waals surface area contributed by atoms with Crippen molar-refractivity contribution < 1.29 is 8.42 Å². The van der Waals surface area contributed by atoms with Crippen LogP contribution in [0.4, 0.5) is 0 Å². The molecule has 2 bridgehead atoms. The number of hydrogen-bond donors (Lipinski definition) is 1. The fraction of sp³-hybridized carbons (Fsp3) is 0.409. The van der Waals surface area contributed by atoms with E-state index in [0.29, 0.717) is 11.8 Å². The molecule has 4 rings (SSSR count). The molecular weight excluding hydrogens is 356 g/mol. The summed E-state index contributed by atoms with van der Waals surface area (Å²) in [6.07, 6.45) is 5.19. The summed E-state index contributed by atoms with van der Waals surface area (Å²) in [5.74, 6) is 2.59. The average molecular weight is 383 g/mol. The lowest BCUT2D eigenvalue weighted by Gasteiger charge is -2.26. The molecule has 27 heavy (non-hydrogen) atoms. The summed E-state index contributed by atoms with van der Waals surface area (Å²) in [6, 6.07) is 18.1. The first-order chi connectivity index (χ1) is 13.0. The third-order valence-electron chi connectivity index (χ3n) is 6.08. The van der Waals surface area contributed by atoms with Gasteiger partial charge in [0.25, 0.3) is 10.0 Å². The van der Waals surface area contributed by atoms with Crippen LogP contribution in [0.25, 0.3) is 0 Å². The van der Waals surface area contributed by atoms with Crippen molar-refractivity contribution in [1.29, 1.82) is 0 Å². The zero-order valence-electron chi connectivity index (χ0n) is 15.6. The van der Waals surface area contributed by atoms with Gasteiger partial charge in [-0.2, -0.15) is 0 Å². The standard InChI is InChI=1S/C22H26N2O2S/c1-16(21-15-17-12-13-19(21)14-17)23-22(18-8-4-2-5-9-18)24-27(25,26)20-10-6-3-7-11-20/h2-11,16-17,19,21H,12-15H2,1H3,(H,23,24)/t16-,17+,19+,21-/m0/s1. The maximum Gasteiger partial charge on any atom is 0.263 e. The molecule has 0 radical (unpaired) electrons. The molecule has 2 aliphatic rings. The number of rotatable bonds is 5. The Kier molecular flexibility index (Phi) is 5.04. The molecule has 0 aliphatic heterocycles. The summed E-state index contributed by atoms with van der Waals surface area (Å²) in [6.45, 7) is 2.13. The molecule has 2 aromatic rings. The highest BCUT2D eigenvalue weighted by Crippen LogP contribution is 2.50. The molecule has 0 aromatic heterocycles. The molecular formula is C22H26N2O2S. The Morgan fingerprint density at radius 3 is 2.26 bits per heavy atom. The summed E-state index contributed by atoms with van der Waals surface area (Å²) in [4.78, 5) is 5.14. The zero-order chi connectivity index (χ0) is 18.9. The largest absolute Gasteiger partial charge is 0.264 e. The number of nitrogens with one attached hydrogen (secondary N) is 1. The van der Waals surface area contributed by atoms with Crippen molar-refractivity contribution in [3.63, 3.8) is 0 Å². The van der Waals surface area contributed by atoms with Crippen molar-refractivity contribution in [3.05, 3.63) is 66.2 Å². The highest BCUT2D eigenvalue weighted by Gasteiger charge is 2.42. The Balaban J connectivity index is 1.63. The summed E-state index contributed by atoms with van der Waals surface area (Å²) < 4.78 is 28.5. The fourth-order valence-electron chi connectivity index (χ4n) is 4.73. The van der Waals surface area contributed by atoms with Crippen LogP contribution in [-0.4, -0.2) is 20.3 Å². The lowest BCUT2D eigenvalue weighted by molar-refractivity contribution is 0.294. The molecule has 0 heterocycles. The molecule has 0 saturated heterocycles. The SMILES string of the molecule is C[C@H](N=C(NS(=O)(=O)c1ccccc1)c1ccccc1)[C@@H]1C[C@@H]2CC[C@@H]1C2. The van der Waals surface area contributed by atoms with Crippen molar-refractivity contribution >= 4 is 15.9 Å². The number of aliphatic imine (C=N–C) groups is 1. The fourth-order valence-corrected chi connectivity index (χ4v) is 5.78. The van der Waals surface area contributed by atoms with Crippen LogP contribution in [0.5, 0.6) is 0 Å². The van der Waals surface area contributed by atoms with E-state index in [-0.39, 0.29) is 10.9 Å². The maximum atomic E-state index is 12.9. The molecule has 1 N–H and O–H groups in total. The van der Waals surface area contributed by atoms with Crippen LogP contribution < -0.4 is 4.72 Å². The smallest absolute Gasteiger partial charge is 0.263 e. The van der Waals surface area contributed by atoms with Gasteiger partial charge < -0.3 is 0 Å². The maximum absolute atomic E-state index is 12.9. The Hall–Kier alpha value is -2.14. The van der Waals surface area contributed by atoms with Gasteiger partial charge in [0, 0.05) is 5.56 Å². The second kappa shape index (κ2) is 7.47. The predicted molar refractivity (Wildman–Crippen MR) is 108 cm³/mol. The van der Waals surface area contributed by atoms with Gasteiger partial charge in [0.05, 0.1) is 10.9 Å². The predicted octanol–water partition coefficient (Wildman–Crippen LogP) is 4.24. The summed E-state index contributed by atoms with van der Waals surface area (Å²) in [5.41, 5.74) is 0.798. The van der Waals surface area contributed by atoms with Gasteiger partial charge >= 0.3 is 0 Å². The van der Waals surface area contributed by atoms with Crippen LogP contribution in [0, 0.1) is 17.8 Å². The summed E-state index contributed by atoms with van der Waals surface area (Å²) >= 11 is 0. The molecule has 4 atom stereocenters. The first kappa shape index (κ1) is 18.2. The van der Waals surface area contributed by atoms with E-state index in [0.717, 1.165) is 17.4 Å². The molecule has 5 heteroatoms. The minimum atomic E-state index is -3.67. The Morgan fingerprint density at radius 1 is 1.00 bits per heavy atom. The Bertz CT molecular complexity index is 910. The summed E-state index contributed by atoms with van der Waals surface area (Å²) in [5, 5.41) is 0. The number of amidine groups is 1. The van der Waals surface area contributed by atoms with E-state index in [9.17, 15) is 8.42 Å². The molecule has 2 saturated carbocycles. The van der Waals surface area contributed by atoms with E-state index in [1.54, 1.807) is 24.3 Å². The van der Waals surface area contributed by atoms with E-state index < -0.39 is 10.0 Å². The Morgan fingerprint density at radius 2 is 1.67 bits per heavy atom. The topological polar surface area (TPSA) is 58.5 Å². The third-order valence-corrected chi connectivity index (χ3v) is 7.43. The van der Waals surface area contributed by atoms with Crippen molar-refractivity contribution in [1.82, 2.24) is 4.72 Å². The van der Waals surface area contributed by atoms with E-state index in [4.69, 9.17) is 4.99 Å². The quantitative estimate of drug-likeness (QED) is 0.621. The molecule has 2 fully saturated rings. The van der Waals surface area contributed by atoms with E-state index >= 15 is 0 Å². The number of benzene rings is 2. The van der Waals surface area contributed by atoms with Crippen molar-refractivity contribution in [2.45, 2.75) is 43.5 Å². The highest BCUT2D eigenvalue weighted by molar-refractivity contribution is 7.90. The van der Waals surface area contributed by atoms with Crippen LogP contribution in [0.15, 0.2) is 70.6 Å². The first-order valence-corrected chi connectivity index (χ1v) is 11.2. The monoisotopic (exact) mass is 382 g/mol. The first-order valence-electron chi connectivity index (χ1n) is 9.74. The van der Waals surface area contributed by atoms with E-state index in [1.807, 2.05) is 36.4 Å².